The van der Waals surface area contributed by atoms with E-state index < -0.39 is 0 Å². The lowest BCUT2D eigenvalue weighted by Crippen LogP contribution is -2.29. The van der Waals surface area contributed by atoms with Crippen LogP contribution >= 0.6 is 12.2 Å². The Balaban J connectivity index is 2.06. The summed E-state index contributed by atoms with van der Waals surface area (Å²) in [6.07, 6.45) is 2.95. The number of likely N-dealkylation sites (N-methyl/N-ethyl adjacent to an activating group) is 1. The summed E-state index contributed by atoms with van der Waals surface area (Å²) in [7, 11) is 2.17. The maximum Gasteiger partial charge on any atom is 0.123 e. The van der Waals surface area contributed by atoms with Gasteiger partial charge in [0, 0.05) is 25.8 Å². The van der Waals surface area contributed by atoms with Gasteiger partial charge < -0.3 is 10.6 Å². The van der Waals surface area contributed by atoms with Crippen LogP contribution in [-0.4, -0.2) is 53.0 Å². The highest BCUT2D eigenvalue weighted by atomic mass is 32.1. The first kappa shape index (κ1) is 13.4. The molecule has 2 rings (SSSR count). The smallest absolute Gasteiger partial charge is 0.123 e. The Labute approximate surface area is 114 Å². The van der Waals surface area contributed by atoms with Crippen molar-refractivity contribution in [2.24, 2.45) is 5.73 Å². The Kier molecular flexibility index (Phi) is 4.63. The van der Waals surface area contributed by atoms with E-state index in [4.69, 9.17) is 18.0 Å². The van der Waals surface area contributed by atoms with E-state index in [1.807, 2.05) is 6.07 Å². The second-order valence-electron chi connectivity index (χ2n) is 4.81. The van der Waals surface area contributed by atoms with Crippen LogP contribution in [0.5, 0.6) is 0 Å². The monoisotopic (exact) mass is 264 g/mol. The van der Waals surface area contributed by atoms with Gasteiger partial charge >= 0.3 is 0 Å². The topological polar surface area (TPSA) is 45.4 Å². The molecule has 2 N–H and O–H groups in total. The minimum Gasteiger partial charge on any atom is -0.388 e. The SMILES string of the molecule is CN1CCCN(Cc2cccnc2C(N)=S)CC1. The summed E-state index contributed by atoms with van der Waals surface area (Å²) in [5.74, 6) is 0. The predicted molar refractivity (Wildman–Crippen MR) is 77.5 cm³/mol. The maximum atomic E-state index is 5.71. The third-order valence-corrected chi connectivity index (χ3v) is 3.52. The molecule has 1 aromatic heterocycles. The van der Waals surface area contributed by atoms with Crippen molar-refractivity contribution in [3.63, 3.8) is 0 Å². The minimum absolute atomic E-state index is 0.387. The number of rotatable bonds is 3. The molecule has 0 radical (unpaired) electrons. The van der Waals surface area contributed by atoms with Crippen molar-refractivity contribution in [2.45, 2.75) is 13.0 Å². The molecule has 0 aliphatic carbocycles. The van der Waals surface area contributed by atoms with Crippen molar-refractivity contribution < 1.29 is 0 Å². The number of pyridine rings is 1. The van der Waals surface area contributed by atoms with E-state index in [-0.39, 0.29) is 0 Å². The Bertz CT molecular complexity index is 421. The van der Waals surface area contributed by atoms with Gasteiger partial charge in [-0.2, -0.15) is 0 Å². The number of nitrogens with two attached hydrogens (primary N) is 1. The van der Waals surface area contributed by atoms with Crippen molar-refractivity contribution >= 4 is 17.2 Å². The zero-order valence-electron chi connectivity index (χ0n) is 10.8. The number of thiocarbonyl (C=S) groups is 1. The van der Waals surface area contributed by atoms with Crippen LogP contribution in [0.1, 0.15) is 17.7 Å². The molecule has 1 aliphatic heterocycles. The van der Waals surface area contributed by atoms with Crippen LogP contribution in [-0.2, 0) is 6.54 Å². The van der Waals surface area contributed by atoms with Crippen molar-refractivity contribution in [1.29, 1.82) is 0 Å². The fourth-order valence-corrected chi connectivity index (χ4v) is 2.47. The number of hydrogen-bond acceptors (Lipinski definition) is 4. The van der Waals surface area contributed by atoms with Crippen LogP contribution in [0.25, 0.3) is 0 Å². The molecule has 1 fully saturated rings. The molecule has 0 atom stereocenters. The highest BCUT2D eigenvalue weighted by Gasteiger charge is 2.14. The van der Waals surface area contributed by atoms with E-state index in [1.165, 1.54) is 13.0 Å². The van der Waals surface area contributed by atoms with Gasteiger partial charge in [0.15, 0.2) is 0 Å². The predicted octanol–water partition coefficient (Wildman–Crippen LogP) is 0.853. The van der Waals surface area contributed by atoms with Gasteiger partial charge in [-0.15, -0.1) is 0 Å². The lowest BCUT2D eigenvalue weighted by Gasteiger charge is -2.21. The summed E-state index contributed by atoms with van der Waals surface area (Å²) < 4.78 is 0. The molecule has 0 aromatic carbocycles. The fourth-order valence-electron chi connectivity index (χ4n) is 2.29. The Morgan fingerprint density at radius 2 is 2.22 bits per heavy atom. The fraction of sp³-hybridized carbons (Fsp3) is 0.538. The molecule has 0 bridgehead atoms. The van der Waals surface area contributed by atoms with E-state index in [2.05, 4.69) is 27.9 Å². The zero-order valence-corrected chi connectivity index (χ0v) is 11.6. The molecule has 0 amide bonds. The van der Waals surface area contributed by atoms with Gasteiger partial charge in [-0.05, 0) is 38.2 Å². The third-order valence-electron chi connectivity index (χ3n) is 3.33. The molecule has 18 heavy (non-hydrogen) atoms. The van der Waals surface area contributed by atoms with Crippen LogP contribution in [0.3, 0.4) is 0 Å². The third kappa shape index (κ3) is 3.48. The number of nitrogens with zero attached hydrogens (tertiary/aromatic N) is 3. The summed E-state index contributed by atoms with van der Waals surface area (Å²) in [4.78, 5) is 9.48. The van der Waals surface area contributed by atoms with Gasteiger partial charge in [0.1, 0.15) is 10.7 Å². The van der Waals surface area contributed by atoms with Crippen molar-refractivity contribution in [3.8, 4) is 0 Å². The second-order valence-corrected chi connectivity index (χ2v) is 5.25. The molecule has 1 aliphatic rings. The molecular weight excluding hydrogens is 244 g/mol. The summed E-state index contributed by atoms with van der Waals surface area (Å²) in [6, 6.07) is 4.01. The molecular formula is C13H20N4S. The first-order valence-electron chi connectivity index (χ1n) is 6.31. The van der Waals surface area contributed by atoms with E-state index in [9.17, 15) is 0 Å². The average Bonchev–Trinajstić information content (AvgIpc) is 2.55. The number of aromatic nitrogens is 1. The maximum absolute atomic E-state index is 5.71. The quantitative estimate of drug-likeness (QED) is 0.820. The lowest BCUT2D eigenvalue weighted by molar-refractivity contribution is 0.269. The zero-order chi connectivity index (χ0) is 13.0. The standard InChI is InChI=1S/C13H20N4S/c1-16-6-3-7-17(9-8-16)10-11-4-2-5-15-12(11)13(14)18/h2,4-5H,3,6-10H2,1H3,(H2,14,18). The summed E-state index contributed by atoms with van der Waals surface area (Å²) in [5, 5.41) is 0. The summed E-state index contributed by atoms with van der Waals surface area (Å²) in [5.41, 5.74) is 7.62. The van der Waals surface area contributed by atoms with Crippen LogP contribution in [0, 0.1) is 0 Å². The summed E-state index contributed by atoms with van der Waals surface area (Å²) in [6.45, 7) is 5.38. The van der Waals surface area contributed by atoms with Crippen molar-refractivity contribution in [3.05, 3.63) is 29.6 Å². The Morgan fingerprint density at radius 1 is 1.39 bits per heavy atom. The van der Waals surface area contributed by atoms with E-state index in [0.717, 1.165) is 37.4 Å². The van der Waals surface area contributed by atoms with E-state index in [1.54, 1.807) is 6.20 Å². The van der Waals surface area contributed by atoms with E-state index in [0.29, 0.717) is 4.99 Å². The van der Waals surface area contributed by atoms with Gasteiger partial charge in [-0.25, -0.2) is 0 Å². The highest BCUT2D eigenvalue weighted by molar-refractivity contribution is 7.80. The van der Waals surface area contributed by atoms with Crippen LogP contribution < -0.4 is 5.73 Å². The lowest BCUT2D eigenvalue weighted by atomic mass is 10.1. The number of hydrogen-bond donors (Lipinski definition) is 1. The van der Waals surface area contributed by atoms with Crippen LogP contribution in [0.15, 0.2) is 18.3 Å². The van der Waals surface area contributed by atoms with Gasteiger partial charge in [-0.1, -0.05) is 18.3 Å². The van der Waals surface area contributed by atoms with Crippen molar-refractivity contribution in [2.75, 3.05) is 33.2 Å². The normalized spacial score (nSPS) is 18.5. The van der Waals surface area contributed by atoms with Gasteiger partial charge in [-0.3, -0.25) is 9.88 Å². The van der Waals surface area contributed by atoms with Crippen LogP contribution in [0.2, 0.25) is 0 Å². The van der Waals surface area contributed by atoms with Crippen molar-refractivity contribution in [1.82, 2.24) is 14.8 Å². The minimum atomic E-state index is 0.387. The van der Waals surface area contributed by atoms with Crippen LogP contribution in [0.4, 0.5) is 0 Å². The van der Waals surface area contributed by atoms with Gasteiger partial charge in [0.25, 0.3) is 0 Å². The average molecular weight is 264 g/mol. The Morgan fingerprint density at radius 3 is 3.00 bits per heavy atom. The molecule has 1 saturated heterocycles. The molecule has 2 heterocycles. The molecule has 4 nitrogen and oxygen atoms in total. The molecule has 0 unspecified atom stereocenters. The first-order chi connectivity index (χ1) is 8.66. The molecule has 98 valence electrons. The molecule has 0 saturated carbocycles. The highest BCUT2D eigenvalue weighted by Crippen LogP contribution is 2.11. The molecule has 0 spiro atoms. The Hall–Kier alpha value is -1.04. The van der Waals surface area contributed by atoms with Gasteiger partial charge in [0.2, 0.25) is 0 Å². The molecule has 5 heteroatoms. The van der Waals surface area contributed by atoms with Gasteiger partial charge in [0.05, 0.1) is 0 Å². The largest absolute Gasteiger partial charge is 0.388 e. The van der Waals surface area contributed by atoms with E-state index >= 15 is 0 Å². The first-order valence-corrected chi connectivity index (χ1v) is 6.72. The summed E-state index contributed by atoms with van der Waals surface area (Å²) >= 11 is 5.05. The molecule has 1 aromatic rings. The second kappa shape index (κ2) is 6.22.